The summed E-state index contributed by atoms with van der Waals surface area (Å²) in [4.78, 5) is 30.6. The molecule has 3 aromatic heterocycles. The fourth-order valence-electron chi connectivity index (χ4n) is 3.76. The molecule has 4 rings (SSSR count). The quantitative estimate of drug-likeness (QED) is 0.539. The highest BCUT2D eigenvalue weighted by atomic mass is 19.4. The maximum absolute atomic E-state index is 13.6. The number of amides is 1. The summed E-state index contributed by atoms with van der Waals surface area (Å²) in [6.07, 6.45) is -1.55. The van der Waals surface area contributed by atoms with E-state index in [1.165, 1.54) is 4.68 Å². The second-order valence-corrected chi connectivity index (χ2v) is 7.97. The number of morpholine rings is 1. The highest BCUT2D eigenvalue weighted by Gasteiger charge is 2.36. The van der Waals surface area contributed by atoms with Crippen molar-refractivity contribution in [2.45, 2.75) is 32.2 Å². The Morgan fingerprint density at radius 2 is 1.83 bits per heavy atom. The molecule has 1 amide bonds. The van der Waals surface area contributed by atoms with Gasteiger partial charge in [-0.3, -0.25) is 9.48 Å². The molecule has 1 N–H and O–H groups in total. The van der Waals surface area contributed by atoms with Crippen LogP contribution in [0.3, 0.4) is 0 Å². The molecule has 0 spiro atoms. The van der Waals surface area contributed by atoms with Crippen molar-refractivity contribution in [3.63, 3.8) is 0 Å². The summed E-state index contributed by atoms with van der Waals surface area (Å²) in [5.41, 5.74) is 0.139. The Morgan fingerprint density at radius 1 is 1.17 bits per heavy atom. The lowest BCUT2D eigenvalue weighted by Crippen LogP contribution is -2.55. The number of carbonyl (C=O) groups is 1. The minimum atomic E-state index is -4.54. The van der Waals surface area contributed by atoms with E-state index in [9.17, 15) is 22.4 Å². The van der Waals surface area contributed by atoms with Gasteiger partial charge in [0.25, 0.3) is 5.91 Å². The van der Waals surface area contributed by atoms with Crippen LogP contribution < -0.4 is 5.32 Å². The molecule has 1 aliphatic rings. The molecular formula is C21H22F4N8O2. The van der Waals surface area contributed by atoms with E-state index < -0.39 is 35.6 Å². The Kier molecular flexibility index (Phi) is 6.65. The zero-order chi connectivity index (χ0) is 25.3. The van der Waals surface area contributed by atoms with Crippen LogP contribution in [0.2, 0.25) is 0 Å². The Bertz CT molecular complexity index is 1200. The molecule has 0 radical (unpaired) electrons. The standard InChI is InChI=1S/C21H22F4N8O2/c1-11-16(18-26-8-14(22)9-27-18)17(31-32(11)3)19(34)33-4-5-35-12(2)15(33)10-30-20-28-6-13(7-29-20)21(23,24)25/h6-9,12,15H,4-5,10H2,1-3H3,(H,28,29,30)/t12-,15?/m0/s1. The van der Waals surface area contributed by atoms with Gasteiger partial charge in [-0.2, -0.15) is 18.3 Å². The van der Waals surface area contributed by atoms with Crippen LogP contribution in [0.1, 0.15) is 28.7 Å². The molecule has 14 heteroatoms. The predicted octanol–water partition coefficient (Wildman–Crippen LogP) is 2.48. The molecule has 0 bridgehead atoms. The molecule has 186 valence electrons. The first kappa shape index (κ1) is 24.4. The third-order valence-electron chi connectivity index (χ3n) is 5.74. The molecule has 0 aromatic carbocycles. The molecule has 10 nitrogen and oxygen atoms in total. The van der Waals surface area contributed by atoms with Crippen LogP contribution in [-0.4, -0.2) is 72.4 Å². The minimum Gasteiger partial charge on any atom is -0.374 e. The van der Waals surface area contributed by atoms with E-state index >= 15 is 0 Å². The predicted molar refractivity (Wildman–Crippen MR) is 115 cm³/mol. The normalized spacial score (nSPS) is 18.5. The molecule has 1 aliphatic heterocycles. The van der Waals surface area contributed by atoms with Crippen molar-refractivity contribution in [3.05, 3.63) is 47.6 Å². The third-order valence-corrected chi connectivity index (χ3v) is 5.74. The van der Waals surface area contributed by atoms with Crippen molar-refractivity contribution >= 4 is 11.9 Å². The number of nitrogens with one attached hydrogen (secondary N) is 1. The van der Waals surface area contributed by atoms with Crippen LogP contribution in [0.15, 0.2) is 24.8 Å². The number of anilines is 1. The summed E-state index contributed by atoms with van der Waals surface area (Å²) in [6, 6.07) is -0.508. The maximum atomic E-state index is 13.6. The summed E-state index contributed by atoms with van der Waals surface area (Å²) >= 11 is 0. The summed E-state index contributed by atoms with van der Waals surface area (Å²) in [6.45, 7) is 4.19. The van der Waals surface area contributed by atoms with Gasteiger partial charge in [-0.1, -0.05) is 0 Å². The van der Waals surface area contributed by atoms with Gasteiger partial charge < -0.3 is 15.0 Å². The first-order chi connectivity index (χ1) is 16.6. The van der Waals surface area contributed by atoms with Gasteiger partial charge in [0.1, 0.15) is 0 Å². The molecule has 1 unspecified atom stereocenters. The second-order valence-electron chi connectivity index (χ2n) is 7.97. The van der Waals surface area contributed by atoms with Gasteiger partial charge in [0.15, 0.2) is 17.3 Å². The summed E-state index contributed by atoms with van der Waals surface area (Å²) in [7, 11) is 1.67. The molecule has 0 saturated carbocycles. The van der Waals surface area contributed by atoms with Gasteiger partial charge in [0.05, 0.1) is 42.3 Å². The van der Waals surface area contributed by atoms with Gasteiger partial charge in [-0.15, -0.1) is 0 Å². The largest absolute Gasteiger partial charge is 0.419 e. The molecule has 35 heavy (non-hydrogen) atoms. The number of hydrogen-bond donors (Lipinski definition) is 1. The van der Waals surface area contributed by atoms with E-state index in [4.69, 9.17) is 4.74 Å². The number of ether oxygens (including phenoxy) is 1. The molecule has 0 aliphatic carbocycles. The van der Waals surface area contributed by atoms with Crippen LogP contribution >= 0.6 is 0 Å². The van der Waals surface area contributed by atoms with E-state index in [2.05, 4.69) is 30.4 Å². The lowest BCUT2D eigenvalue weighted by molar-refractivity contribution is -0.138. The zero-order valence-corrected chi connectivity index (χ0v) is 19.0. The van der Waals surface area contributed by atoms with Gasteiger partial charge in [0.2, 0.25) is 5.95 Å². The van der Waals surface area contributed by atoms with E-state index in [0.29, 0.717) is 23.7 Å². The van der Waals surface area contributed by atoms with Crippen LogP contribution in [0.5, 0.6) is 0 Å². The summed E-state index contributed by atoms with van der Waals surface area (Å²) < 4.78 is 58.8. The fraction of sp³-hybridized carbons (Fsp3) is 0.429. The lowest BCUT2D eigenvalue weighted by atomic mass is 10.1. The van der Waals surface area contributed by atoms with Crippen molar-refractivity contribution in [1.82, 2.24) is 34.6 Å². The molecule has 1 fully saturated rings. The number of alkyl halides is 3. The molecule has 2 atom stereocenters. The lowest BCUT2D eigenvalue weighted by Gasteiger charge is -2.39. The number of aryl methyl sites for hydroxylation is 1. The Hall–Kier alpha value is -3.68. The first-order valence-corrected chi connectivity index (χ1v) is 10.6. The minimum absolute atomic E-state index is 0.0164. The van der Waals surface area contributed by atoms with E-state index in [1.54, 1.807) is 25.8 Å². The van der Waals surface area contributed by atoms with Crippen molar-refractivity contribution in [1.29, 1.82) is 0 Å². The van der Waals surface area contributed by atoms with Gasteiger partial charge in [0, 0.05) is 38.2 Å². The van der Waals surface area contributed by atoms with Crippen molar-refractivity contribution in [2.75, 3.05) is 25.0 Å². The number of aromatic nitrogens is 6. The average molecular weight is 494 g/mol. The monoisotopic (exact) mass is 494 g/mol. The van der Waals surface area contributed by atoms with Crippen molar-refractivity contribution < 1.29 is 27.1 Å². The average Bonchev–Trinajstić information content (AvgIpc) is 3.12. The van der Waals surface area contributed by atoms with Crippen molar-refractivity contribution in [2.24, 2.45) is 7.05 Å². The fourth-order valence-corrected chi connectivity index (χ4v) is 3.76. The SMILES string of the molecule is Cc1c(-c2ncc(F)cn2)c(C(=O)N2CCO[C@@H](C)C2CNc2ncc(C(F)(F)F)cn2)nn1C. The molecule has 4 heterocycles. The van der Waals surface area contributed by atoms with Crippen LogP contribution in [0, 0.1) is 12.7 Å². The highest BCUT2D eigenvalue weighted by Crippen LogP contribution is 2.29. The van der Waals surface area contributed by atoms with E-state index in [1.807, 2.05) is 0 Å². The van der Waals surface area contributed by atoms with Gasteiger partial charge >= 0.3 is 6.18 Å². The number of carbonyl (C=O) groups excluding carboxylic acids is 1. The number of hydrogen-bond acceptors (Lipinski definition) is 8. The first-order valence-electron chi connectivity index (χ1n) is 10.6. The number of nitrogens with zero attached hydrogens (tertiary/aromatic N) is 7. The number of rotatable bonds is 5. The molecular weight excluding hydrogens is 472 g/mol. The van der Waals surface area contributed by atoms with Gasteiger partial charge in [-0.25, -0.2) is 24.3 Å². The van der Waals surface area contributed by atoms with Crippen molar-refractivity contribution in [3.8, 4) is 11.4 Å². The maximum Gasteiger partial charge on any atom is 0.419 e. The van der Waals surface area contributed by atoms with Crippen LogP contribution in [0.25, 0.3) is 11.4 Å². The summed E-state index contributed by atoms with van der Waals surface area (Å²) in [5, 5.41) is 7.23. The van der Waals surface area contributed by atoms with Crippen LogP contribution in [-0.2, 0) is 18.0 Å². The van der Waals surface area contributed by atoms with Crippen LogP contribution in [0.4, 0.5) is 23.5 Å². The highest BCUT2D eigenvalue weighted by molar-refractivity contribution is 5.99. The Labute approximate surface area is 197 Å². The zero-order valence-electron chi connectivity index (χ0n) is 19.0. The van der Waals surface area contributed by atoms with E-state index in [0.717, 1.165) is 12.4 Å². The topological polar surface area (TPSA) is 111 Å². The third kappa shape index (κ3) is 5.06. The molecule has 1 saturated heterocycles. The molecule has 3 aromatic rings. The van der Waals surface area contributed by atoms with Gasteiger partial charge in [-0.05, 0) is 13.8 Å². The Balaban J connectivity index is 1.58. The smallest absolute Gasteiger partial charge is 0.374 e. The van der Waals surface area contributed by atoms with E-state index in [-0.39, 0.29) is 37.2 Å². The number of halogens is 4. The summed E-state index contributed by atoms with van der Waals surface area (Å²) in [5.74, 6) is -0.875. The second kappa shape index (κ2) is 9.52. The Morgan fingerprint density at radius 3 is 2.46 bits per heavy atom.